The maximum absolute atomic E-state index is 15.3. The van der Waals surface area contributed by atoms with Gasteiger partial charge in [0.05, 0.1) is 32.0 Å². The van der Waals surface area contributed by atoms with E-state index >= 15 is 4.39 Å². The van der Waals surface area contributed by atoms with Crippen LogP contribution < -0.4 is 17.0 Å². The van der Waals surface area contributed by atoms with Gasteiger partial charge >= 0.3 is 7.82 Å². The van der Waals surface area contributed by atoms with Gasteiger partial charge < -0.3 is 36.0 Å². The average Bonchev–Trinajstić information content (AvgIpc) is 3.65. The fourth-order valence-electron chi connectivity index (χ4n) is 4.41. The molecule has 0 saturated carbocycles. The van der Waals surface area contributed by atoms with Crippen molar-refractivity contribution < 1.29 is 47.0 Å². The topological polar surface area (TPSA) is 274 Å². The van der Waals surface area contributed by atoms with Crippen molar-refractivity contribution in [2.75, 3.05) is 31.4 Å². The summed E-state index contributed by atoms with van der Waals surface area (Å²) in [5.74, 6) is -0.259. The fourth-order valence-corrected chi connectivity index (χ4v) is 5.33. The highest BCUT2D eigenvalue weighted by Crippen LogP contribution is 2.50. The molecule has 8 N–H and O–H groups in total. The lowest BCUT2D eigenvalue weighted by Gasteiger charge is -2.27. The van der Waals surface area contributed by atoms with Gasteiger partial charge in [-0.25, -0.2) is 33.3 Å². The molecule has 5 rings (SSSR count). The zero-order valence-corrected chi connectivity index (χ0v) is 23.1. The predicted octanol–water partition coefficient (Wildman–Crippen LogP) is -0.912. The van der Waals surface area contributed by atoms with Crippen LogP contribution in [0.4, 0.5) is 20.5 Å². The number of anilines is 2. The molecule has 1 aliphatic heterocycles. The first-order valence-corrected chi connectivity index (χ1v) is 14.0. The quantitative estimate of drug-likeness (QED) is 0.103. The summed E-state index contributed by atoms with van der Waals surface area (Å²) >= 11 is 0. The summed E-state index contributed by atoms with van der Waals surface area (Å²) in [5, 5.41) is 19.8. The summed E-state index contributed by atoms with van der Waals surface area (Å²) in [4.78, 5) is 44.6. The van der Waals surface area contributed by atoms with Gasteiger partial charge in [-0.15, -0.1) is 0 Å². The minimum absolute atomic E-state index is 0.0358. The Morgan fingerprint density at radius 1 is 1.21 bits per heavy atom. The zero-order valence-electron chi connectivity index (χ0n) is 22.2. The Morgan fingerprint density at radius 2 is 1.95 bits per heavy atom. The number of aromatic nitrogens is 8. The van der Waals surface area contributed by atoms with Crippen molar-refractivity contribution in [3.8, 4) is 0 Å². The largest absolute Gasteiger partial charge is 0.472 e. The molecular formula is C21H27F2N10O9P. The number of H-pyrrole nitrogens is 1. The molecule has 22 heteroatoms. The van der Waals surface area contributed by atoms with E-state index in [2.05, 4.69) is 29.9 Å². The van der Waals surface area contributed by atoms with E-state index in [1.165, 1.54) is 17.8 Å². The number of aliphatic hydroxyl groups is 2. The van der Waals surface area contributed by atoms with Crippen molar-refractivity contribution in [1.82, 2.24) is 39.0 Å². The summed E-state index contributed by atoms with van der Waals surface area (Å²) in [6, 6.07) is 0. The van der Waals surface area contributed by atoms with Crippen molar-refractivity contribution in [2.24, 2.45) is 0 Å². The molecular weight excluding hydrogens is 605 g/mol. The minimum atomic E-state index is -5.18. The third-order valence-corrected chi connectivity index (χ3v) is 7.51. The van der Waals surface area contributed by atoms with Crippen LogP contribution in [0.5, 0.6) is 0 Å². The lowest BCUT2D eigenvalue weighted by molar-refractivity contribution is -0.124. The number of nitrogen functional groups attached to an aromatic ring is 2. The number of imidazole rings is 2. The second-order valence-corrected chi connectivity index (χ2v) is 10.8. The number of aliphatic hydroxyl groups excluding tert-OH is 2. The van der Waals surface area contributed by atoms with Crippen LogP contribution in [0, 0.1) is 0 Å². The molecule has 1 fully saturated rings. The Balaban J connectivity index is 1.33. The number of fused-ring (bicyclic) bond motifs is 2. The second kappa shape index (κ2) is 12.1. The molecule has 4 aromatic rings. The van der Waals surface area contributed by atoms with Gasteiger partial charge in [-0.1, -0.05) is 0 Å². The molecule has 43 heavy (non-hydrogen) atoms. The van der Waals surface area contributed by atoms with Crippen molar-refractivity contribution in [3.63, 3.8) is 0 Å². The summed E-state index contributed by atoms with van der Waals surface area (Å²) in [6.45, 7) is -1.54. The number of nitrogens with one attached hydrogen (secondary N) is 1. The molecule has 2 unspecified atom stereocenters. The number of halogens is 2. The molecule has 8 atom stereocenters. The number of aromatic amines is 1. The van der Waals surface area contributed by atoms with Crippen LogP contribution in [-0.4, -0.2) is 105 Å². The van der Waals surface area contributed by atoms with Crippen LogP contribution in [0.3, 0.4) is 0 Å². The third kappa shape index (κ3) is 6.06. The Labute approximate surface area is 239 Å². The highest BCUT2D eigenvalue weighted by atomic mass is 31.2. The molecule has 0 radical (unpaired) electrons. The number of phosphoric ester groups is 1. The molecule has 0 aliphatic carbocycles. The van der Waals surface area contributed by atoms with E-state index in [0.717, 1.165) is 17.2 Å². The number of alkyl halides is 2. The van der Waals surface area contributed by atoms with E-state index in [4.69, 9.17) is 30.0 Å². The lowest BCUT2D eigenvalue weighted by atomic mass is 10.1. The van der Waals surface area contributed by atoms with E-state index < -0.39 is 76.3 Å². The van der Waals surface area contributed by atoms with Crippen LogP contribution in [0.15, 0.2) is 23.8 Å². The van der Waals surface area contributed by atoms with Gasteiger partial charge in [0, 0.05) is 0 Å². The Kier molecular flexibility index (Phi) is 8.68. The zero-order chi connectivity index (χ0) is 31.1. The van der Waals surface area contributed by atoms with Crippen LogP contribution >= 0.6 is 7.82 Å². The maximum atomic E-state index is 15.3. The number of nitrogens with two attached hydrogens (primary N) is 2. The van der Waals surface area contributed by atoms with Crippen LogP contribution in [0.1, 0.15) is 19.4 Å². The van der Waals surface area contributed by atoms with Crippen molar-refractivity contribution >= 4 is 41.9 Å². The highest BCUT2D eigenvalue weighted by Gasteiger charge is 2.50. The predicted molar refractivity (Wildman–Crippen MR) is 140 cm³/mol. The summed E-state index contributed by atoms with van der Waals surface area (Å²) in [6.07, 6.45) is -7.95. The number of hydrogen-bond acceptors (Lipinski definition) is 15. The van der Waals surface area contributed by atoms with Gasteiger partial charge in [0.25, 0.3) is 5.56 Å². The second-order valence-electron chi connectivity index (χ2n) is 9.41. The summed E-state index contributed by atoms with van der Waals surface area (Å²) in [5.41, 5.74) is 10.6. The number of rotatable bonds is 12. The molecule has 4 aromatic heterocycles. The van der Waals surface area contributed by atoms with Gasteiger partial charge in [0.1, 0.15) is 36.8 Å². The molecule has 0 spiro atoms. The number of nitrogens with zero attached hydrogens (tertiary/aromatic N) is 7. The van der Waals surface area contributed by atoms with E-state index in [-0.39, 0.29) is 34.1 Å². The molecule has 234 valence electrons. The molecule has 0 amide bonds. The highest BCUT2D eigenvalue weighted by molar-refractivity contribution is 7.47. The third-order valence-electron chi connectivity index (χ3n) is 6.53. The minimum Gasteiger partial charge on any atom is -0.394 e. The molecule has 0 bridgehead atoms. The molecule has 5 heterocycles. The number of hydrogen-bond donors (Lipinski definition) is 6. The first-order chi connectivity index (χ1) is 20.4. The smallest absolute Gasteiger partial charge is 0.394 e. The Bertz CT molecular complexity index is 1700. The van der Waals surface area contributed by atoms with Crippen LogP contribution in [0.25, 0.3) is 22.3 Å². The van der Waals surface area contributed by atoms with E-state index in [1.54, 1.807) is 0 Å². The van der Waals surface area contributed by atoms with Gasteiger partial charge in [-0.3, -0.25) is 28.0 Å². The normalized spacial score (nSPS) is 24.3. The SMILES string of the molecule is C[C@@H](O)[C@@H](COP(=O)(O)O[C@H]1C(F)[C@@H](CO)O[C@H]1n1cnc2c(=O)[nH]c(N)nc21)O[C@H](CF)n1cnc2c(N)ncnc21. The molecule has 19 nitrogen and oxygen atoms in total. The standard InChI is InChI=1S/C21H27F2N10O9P/c1-8(35)10(40-11(2-22)32-6-28-13-16(24)26-5-27-17(13)32)4-39-43(37,38)42-15-12(23)9(3-34)41-20(15)33-7-29-14-18(33)30-21(25)31-19(14)36/h5-12,15,20,34-35H,2-4H2,1H3,(H,37,38)(H2,24,26,27)(H3,25,30,31,36)/t8-,9-,10-,11-,12?,15+,20-/m1/s1. The molecule has 0 aromatic carbocycles. The van der Waals surface area contributed by atoms with Crippen molar-refractivity contribution in [2.45, 2.75) is 50.0 Å². The lowest BCUT2D eigenvalue weighted by Crippen LogP contribution is -2.35. The van der Waals surface area contributed by atoms with Crippen molar-refractivity contribution in [1.29, 1.82) is 0 Å². The van der Waals surface area contributed by atoms with E-state index in [1.807, 2.05) is 0 Å². The average molecular weight is 632 g/mol. The van der Waals surface area contributed by atoms with E-state index in [0.29, 0.717) is 0 Å². The van der Waals surface area contributed by atoms with Gasteiger partial charge in [-0.05, 0) is 6.92 Å². The number of ether oxygens (including phenoxy) is 2. The van der Waals surface area contributed by atoms with Crippen molar-refractivity contribution in [3.05, 3.63) is 29.3 Å². The first-order valence-electron chi connectivity index (χ1n) is 12.5. The van der Waals surface area contributed by atoms with E-state index in [9.17, 15) is 28.9 Å². The summed E-state index contributed by atoms with van der Waals surface area (Å²) in [7, 11) is -5.18. The summed E-state index contributed by atoms with van der Waals surface area (Å²) < 4.78 is 65.7. The number of phosphoric acid groups is 1. The van der Waals surface area contributed by atoms with Gasteiger partial charge in [0.2, 0.25) is 5.95 Å². The maximum Gasteiger partial charge on any atom is 0.472 e. The Hall–Kier alpha value is -3.69. The monoisotopic (exact) mass is 632 g/mol. The van der Waals surface area contributed by atoms with Crippen LogP contribution in [-0.2, 0) is 23.1 Å². The molecule has 1 aliphatic rings. The van der Waals surface area contributed by atoms with Gasteiger partial charge in [0.15, 0.2) is 41.3 Å². The van der Waals surface area contributed by atoms with Crippen LogP contribution in [0.2, 0.25) is 0 Å². The Morgan fingerprint density at radius 3 is 2.65 bits per heavy atom. The van der Waals surface area contributed by atoms with Gasteiger partial charge in [-0.2, -0.15) is 4.98 Å². The molecule has 1 saturated heterocycles. The first kappa shape index (κ1) is 30.8. The fraction of sp³-hybridized carbons (Fsp3) is 0.524.